The summed E-state index contributed by atoms with van der Waals surface area (Å²) in [4.78, 5) is 24.8. The van der Waals surface area contributed by atoms with E-state index in [2.05, 4.69) is 20.3 Å². The van der Waals surface area contributed by atoms with Gasteiger partial charge in [-0.05, 0) is 48.0 Å². The Morgan fingerprint density at radius 1 is 1.11 bits per heavy atom. The molecule has 0 fully saturated rings. The predicted octanol–water partition coefficient (Wildman–Crippen LogP) is 5.59. The molecule has 5 rings (SSSR count). The van der Waals surface area contributed by atoms with E-state index >= 15 is 0 Å². The Morgan fingerprint density at radius 3 is 2.80 bits per heavy atom. The first-order valence-electron chi connectivity index (χ1n) is 10.8. The molecule has 0 aliphatic heterocycles. The van der Waals surface area contributed by atoms with Crippen LogP contribution < -0.4 is 14.8 Å². The van der Waals surface area contributed by atoms with Gasteiger partial charge in [0.2, 0.25) is 0 Å². The molecule has 1 amide bonds. The van der Waals surface area contributed by atoms with Gasteiger partial charge in [0.1, 0.15) is 18.2 Å². The maximum Gasteiger partial charge on any atom is 0.255 e. The minimum Gasteiger partial charge on any atom is -0.493 e. The second-order valence-electron chi connectivity index (χ2n) is 7.77. The van der Waals surface area contributed by atoms with Crippen molar-refractivity contribution in [3.05, 3.63) is 100 Å². The SMILES string of the molecule is COc1cc(C(=O)Nc2ccc3nc(Cc4ccccc4F)[nH]c3c2)ccc1OCc1cscn1. The summed E-state index contributed by atoms with van der Waals surface area (Å²) < 4.78 is 25.2. The number of aromatic amines is 1. The van der Waals surface area contributed by atoms with Crippen LogP contribution in [0.4, 0.5) is 10.1 Å². The lowest BCUT2D eigenvalue weighted by Crippen LogP contribution is -2.12. The predicted molar refractivity (Wildman–Crippen MR) is 133 cm³/mol. The van der Waals surface area contributed by atoms with E-state index in [1.54, 1.807) is 54.0 Å². The number of anilines is 1. The summed E-state index contributed by atoms with van der Waals surface area (Å²) in [6.07, 6.45) is 0.347. The fraction of sp³-hybridized carbons (Fsp3) is 0.115. The molecule has 0 bridgehead atoms. The third kappa shape index (κ3) is 5.15. The lowest BCUT2D eigenvalue weighted by Gasteiger charge is -2.12. The molecule has 0 aliphatic carbocycles. The van der Waals surface area contributed by atoms with E-state index in [0.29, 0.717) is 47.2 Å². The number of thiazole rings is 1. The van der Waals surface area contributed by atoms with Gasteiger partial charge in [0.25, 0.3) is 5.91 Å². The molecule has 2 N–H and O–H groups in total. The molecule has 5 aromatic rings. The molecular formula is C26H21FN4O3S. The van der Waals surface area contributed by atoms with Crippen LogP contribution in [0.5, 0.6) is 11.5 Å². The smallest absolute Gasteiger partial charge is 0.255 e. The van der Waals surface area contributed by atoms with Gasteiger partial charge in [0, 0.05) is 23.1 Å². The minimum atomic E-state index is -0.292. The summed E-state index contributed by atoms with van der Waals surface area (Å²) in [5.41, 5.74) is 5.64. The number of amides is 1. The summed E-state index contributed by atoms with van der Waals surface area (Å²) in [6.45, 7) is 0.314. The van der Waals surface area contributed by atoms with Crippen LogP contribution in [0.2, 0.25) is 0 Å². The number of halogens is 1. The fourth-order valence-corrected chi connectivity index (χ4v) is 4.18. The molecule has 2 heterocycles. The number of carbonyl (C=O) groups excluding carboxylic acids is 1. The molecule has 3 aromatic carbocycles. The van der Waals surface area contributed by atoms with Gasteiger partial charge in [-0.3, -0.25) is 4.79 Å². The van der Waals surface area contributed by atoms with Crippen molar-refractivity contribution < 1.29 is 18.7 Å². The maximum absolute atomic E-state index is 14.0. The van der Waals surface area contributed by atoms with Gasteiger partial charge in [0.15, 0.2) is 11.5 Å². The number of H-pyrrole nitrogens is 1. The molecular weight excluding hydrogens is 467 g/mol. The highest BCUT2D eigenvalue weighted by atomic mass is 32.1. The van der Waals surface area contributed by atoms with Crippen LogP contribution in [0.25, 0.3) is 11.0 Å². The third-order valence-electron chi connectivity index (χ3n) is 5.39. The normalized spacial score (nSPS) is 10.9. The number of hydrogen-bond donors (Lipinski definition) is 2. The first-order chi connectivity index (χ1) is 17.1. The van der Waals surface area contributed by atoms with E-state index < -0.39 is 0 Å². The quantitative estimate of drug-likeness (QED) is 0.297. The van der Waals surface area contributed by atoms with Crippen LogP contribution in [0, 0.1) is 5.82 Å². The highest BCUT2D eigenvalue weighted by Crippen LogP contribution is 2.29. The Hall–Kier alpha value is -4.24. The Balaban J connectivity index is 1.29. The van der Waals surface area contributed by atoms with Crippen LogP contribution in [0.15, 0.2) is 71.6 Å². The molecule has 2 aromatic heterocycles. The van der Waals surface area contributed by atoms with Crippen LogP contribution in [0.3, 0.4) is 0 Å². The highest BCUT2D eigenvalue weighted by Gasteiger charge is 2.13. The molecule has 0 radical (unpaired) electrons. The number of imidazole rings is 1. The van der Waals surface area contributed by atoms with Crippen molar-refractivity contribution in [1.82, 2.24) is 15.0 Å². The fourth-order valence-electron chi connectivity index (χ4n) is 3.64. The molecule has 0 saturated carbocycles. The lowest BCUT2D eigenvalue weighted by molar-refractivity contribution is 0.102. The minimum absolute atomic E-state index is 0.268. The number of fused-ring (bicyclic) bond motifs is 1. The van der Waals surface area contributed by atoms with Crippen molar-refractivity contribution in [2.24, 2.45) is 0 Å². The summed E-state index contributed by atoms with van der Waals surface area (Å²) in [5, 5.41) is 4.80. The first kappa shape index (κ1) is 22.5. The van der Waals surface area contributed by atoms with E-state index in [1.165, 1.54) is 24.5 Å². The molecule has 0 spiro atoms. The number of benzene rings is 3. The molecule has 0 saturated heterocycles. The van der Waals surface area contributed by atoms with Crippen LogP contribution >= 0.6 is 11.3 Å². The highest BCUT2D eigenvalue weighted by molar-refractivity contribution is 7.07. The topological polar surface area (TPSA) is 89.1 Å². The van der Waals surface area contributed by atoms with Gasteiger partial charge in [-0.2, -0.15) is 0 Å². The van der Waals surface area contributed by atoms with E-state index in [4.69, 9.17) is 9.47 Å². The standard InChI is InChI=1S/C26H21FN4O3S/c1-33-24-10-17(6-9-23(24)34-13-19-14-35-15-28-19)26(32)29-18-7-8-21-22(12-18)31-25(30-21)11-16-4-2-3-5-20(16)27/h2-10,12,14-15H,11,13H2,1H3,(H,29,32)(H,30,31). The van der Waals surface area contributed by atoms with Gasteiger partial charge in [0.05, 0.1) is 29.3 Å². The zero-order valence-electron chi connectivity index (χ0n) is 18.7. The number of nitrogens with one attached hydrogen (secondary N) is 2. The van der Waals surface area contributed by atoms with Gasteiger partial charge < -0.3 is 19.8 Å². The number of nitrogens with zero attached hydrogens (tertiary/aromatic N) is 2. The number of ether oxygens (including phenoxy) is 2. The lowest BCUT2D eigenvalue weighted by atomic mass is 10.1. The van der Waals surface area contributed by atoms with Crippen molar-refractivity contribution >= 4 is 34.0 Å². The maximum atomic E-state index is 14.0. The largest absolute Gasteiger partial charge is 0.493 e. The monoisotopic (exact) mass is 488 g/mol. The number of carbonyl (C=O) groups is 1. The Bertz CT molecular complexity index is 1480. The van der Waals surface area contributed by atoms with Crippen LogP contribution in [0.1, 0.15) is 27.4 Å². The molecule has 0 atom stereocenters. The van der Waals surface area contributed by atoms with E-state index in [0.717, 1.165) is 16.7 Å². The summed E-state index contributed by atoms with van der Waals surface area (Å²) >= 11 is 1.50. The van der Waals surface area contributed by atoms with Gasteiger partial charge >= 0.3 is 0 Å². The summed E-state index contributed by atoms with van der Waals surface area (Å²) in [5.74, 6) is 1.07. The number of aromatic nitrogens is 3. The summed E-state index contributed by atoms with van der Waals surface area (Å²) in [6, 6.07) is 17.0. The van der Waals surface area contributed by atoms with Crippen molar-refractivity contribution in [2.75, 3.05) is 12.4 Å². The second-order valence-corrected chi connectivity index (χ2v) is 8.49. The Labute approximate surface area is 204 Å². The molecule has 0 unspecified atom stereocenters. The van der Waals surface area contributed by atoms with Crippen molar-refractivity contribution in [3.63, 3.8) is 0 Å². The van der Waals surface area contributed by atoms with Gasteiger partial charge in [-0.1, -0.05) is 18.2 Å². The van der Waals surface area contributed by atoms with Gasteiger partial charge in [-0.25, -0.2) is 14.4 Å². The Kier molecular flexibility index (Phi) is 6.40. The second kappa shape index (κ2) is 9.94. The third-order valence-corrected chi connectivity index (χ3v) is 6.02. The number of rotatable bonds is 8. The van der Waals surface area contributed by atoms with Crippen molar-refractivity contribution in [3.8, 4) is 11.5 Å². The zero-order chi connectivity index (χ0) is 24.2. The summed E-state index contributed by atoms with van der Waals surface area (Å²) in [7, 11) is 1.53. The van der Waals surface area contributed by atoms with Crippen LogP contribution in [-0.4, -0.2) is 28.0 Å². The van der Waals surface area contributed by atoms with Crippen molar-refractivity contribution in [1.29, 1.82) is 0 Å². The van der Waals surface area contributed by atoms with E-state index in [1.807, 2.05) is 11.4 Å². The van der Waals surface area contributed by atoms with E-state index in [-0.39, 0.29) is 11.7 Å². The average molecular weight is 489 g/mol. The number of methoxy groups -OCH3 is 1. The van der Waals surface area contributed by atoms with E-state index in [9.17, 15) is 9.18 Å². The van der Waals surface area contributed by atoms with Crippen molar-refractivity contribution in [2.45, 2.75) is 13.0 Å². The van der Waals surface area contributed by atoms with Gasteiger partial charge in [-0.15, -0.1) is 11.3 Å². The number of hydrogen-bond acceptors (Lipinski definition) is 6. The first-order valence-corrected chi connectivity index (χ1v) is 11.7. The molecule has 7 nitrogen and oxygen atoms in total. The molecule has 9 heteroatoms. The molecule has 35 heavy (non-hydrogen) atoms. The zero-order valence-corrected chi connectivity index (χ0v) is 19.6. The molecule has 176 valence electrons. The molecule has 0 aliphatic rings. The van der Waals surface area contributed by atoms with Crippen LogP contribution in [-0.2, 0) is 13.0 Å². The Morgan fingerprint density at radius 2 is 2.00 bits per heavy atom. The average Bonchev–Trinajstić information content (AvgIpc) is 3.53.